The van der Waals surface area contributed by atoms with Gasteiger partial charge >= 0.3 is 5.69 Å². The molecule has 1 aromatic heterocycles. The highest BCUT2D eigenvalue weighted by molar-refractivity contribution is 5.08. The second-order valence-electron chi connectivity index (χ2n) is 2.44. The molecule has 0 aliphatic carbocycles. The molecule has 0 radical (unpaired) electrons. The van der Waals surface area contributed by atoms with Crippen LogP contribution in [0, 0.1) is 0 Å². The summed E-state index contributed by atoms with van der Waals surface area (Å²) in [5.74, 6) is -0.428. The number of hydrogen-bond donors (Lipinski definition) is 2. The van der Waals surface area contributed by atoms with Crippen LogP contribution in [0.25, 0.3) is 0 Å². The summed E-state index contributed by atoms with van der Waals surface area (Å²) in [5, 5.41) is 8.95. The molecule has 1 heterocycles. The van der Waals surface area contributed by atoms with Gasteiger partial charge in [-0.25, -0.2) is 4.79 Å². The van der Waals surface area contributed by atoms with Crippen LogP contribution in [0.1, 0.15) is 13.3 Å². The quantitative estimate of drug-likeness (QED) is 0.637. The number of H-pyrrole nitrogens is 1. The summed E-state index contributed by atoms with van der Waals surface area (Å²) in [4.78, 5) is 24.3. The van der Waals surface area contributed by atoms with E-state index in [4.69, 9.17) is 5.11 Å². The smallest absolute Gasteiger partial charge is 0.328 e. The van der Waals surface area contributed by atoms with Gasteiger partial charge < -0.3 is 10.1 Å². The van der Waals surface area contributed by atoms with Gasteiger partial charge in [0.05, 0.1) is 6.20 Å². The first-order valence-electron chi connectivity index (χ1n) is 3.68. The number of nitrogens with zero attached hydrogens (tertiary/aromatic N) is 1. The van der Waals surface area contributed by atoms with Gasteiger partial charge in [-0.3, -0.25) is 9.36 Å². The molecule has 0 atom stereocenters. The van der Waals surface area contributed by atoms with Crippen molar-refractivity contribution >= 4 is 0 Å². The van der Waals surface area contributed by atoms with Crippen molar-refractivity contribution in [3.05, 3.63) is 27.0 Å². The lowest BCUT2D eigenvalue weighted by atomic mass is 10.4. The zero-order valence-electron chi connectivity index (χ0n) is 6.70. The number of aromatic amines is 1. The van der Waals surface area contributed by atoms with E-state index in [1.165, 1.54) is 0 Å². The minimum atomic E-state index is -0.638. The highest BCUT2D eigenvalue weighted by atomic mass is 16.3. The Hall–Kier alpha value is -1.52. The highest BCUT2D eigenvalue weighted by Gasteiger charge is 2.03. The van der Waals surface area contributed by atoms with E-state index < -0.39 is 17.0 Å². The fourth-order valence-corrected chi connectivity index (χ4v) is 0.927. The Balaban J connectivity index is 3.34. The summed E-state index contributed by atoms with van der Waals surface area (Å²) in [5.41, 5.74) is -1.12. The van der Waals surface area contributed by atoms with Gasteiger partial charge in [-0.2, -0.15) is 0 Å². The lowest BCUT2D eigenvalue weighted by molar-refractivity contribution is 0.447. The monoisotopic (exact) mass is 170 g/mol. The zero-order chi connectivity index (χ0) is 9.14. The van der Waals surface area contributed by atoms with Gasteiger partial charge in [-0.05, 0) is 6.42 Å². The third-order valence-corrected chi connectivity index (χ3v) is 1.49. The average molecular weight is 170 g/mol. The molecular weight excluding hydrogens is 160 g/mol. The summed E-state index contributed by atoms with van der Waals surface area (Å²) in [6.45, 7) is 2.17. The maximum atomic E-state index is 11.1. The van der Waals surface area contributed by atoms with E-state index in [2.05, 4.69) is 4.98 Å². The van der Waals surface area contributed by atoms with Gasteiger partial charge in [0, 0.05) is 6.54 Å². The maximum absolute atomic E-state index is 11.1. The Morgan fingerprint density at radius 3 is 2.83 bits per heavy atom. The second-order valence-corrected chi connectivity index (χ2v) is 2.44. The van der Waals surface area contributed by atoms with Crippen LogP contribution in [-0.2, 0) is 6.54 Å². The normalized spacial score (nSPS) is 10.1. The summed E-state index contributed by atoms with van der Waals surface area (Å²) in [6.07, 6.45) is 1.67. The van der Waals surface area contributed by atoms with E-state index in [9.17, 15) is 9.59 Å². The molecule has 0 unspecified atom stereocenters. The Morgan fingerprint density at radius 2 is 2.25 bits per heavy atom. The molecule has 0 saturated heterocycles. The standard InChI is InChI=1S/C7H10N2O3/c1-2-3-9-6(11)5(10)4-8-7(9)12/h4,10H,2-3H2,1H3,(H,8,12). The van der Waals surface area contributed by atoms with E-state index in [1.54, 1.807) is 0 Å². The Morgan fingerprint density at radius 1 is 1.58 bits per heavy atom. The number of aromatic nitrogens is 2. The third kappa shape index (κ3) is 1.39. The van der Waals surface area contributed by atoms with E-state index >= 15 is 0 Å². The van der Waals surface area contributed by atoms with Gasteiger partial charge in [0.1, 0.15) is 0 Å². The fraction of sp³-hybridized carbons (Fsp3) is 0.429. The fourth-order valence-electron chi connectivity index (χ4n) is 0.927. The number of hydrogen-bond acceptors (Lipinski definition) is 3. The van der Waals surface area contributed by atoms with Crippen LogP contribution in [0.2, 0.25) is 0 Å². The van der Waals surface area contributed by atoms with Crippen LogP contribution in [-0.4, -0.2) is 14.7 Å². The molecule has 0 bridgehead atoms. The number of rotatable bonds is 2. The summed E-state index contributed by atoms with van der Waals surface area (Å²) >= 11 is 0. The predicted octanol–water partition coefficient (Wildman–Crippen LogP) is -0.348. The first-order chi connectivity index (χ1) is 5.66. The van der Waals surface area contributed by atoms with Crippen LogP contribution in [0.15, 0.2) is 15.8 Å². The van der Waals surface area contributed by atoms with E-state index in [1.807, 2.05) is 6.92 Å². The second kappa shape index (κ2) is 3.25. The van der Waals surface area contributed by atoms with Crippen LogP contribution in [0.5, 0.6) is 5.75 Å². The third-order valence-electron chi connectivity index (χ3n) is 1.49. The van der Waals surface area contributed by atoms with Crippen molar-refractivity contribution in [1.29, 1.82) is 0 Å². The molecule has 12 heavy (non-hydrogen) atoms. The van der Waals surface area contributed by atoms with Crippen molar-refractivity contribution < 1.29 is 5.11 Å². The summed E-state index contributed by atoms with van der Waals surface area (Å²) in [7, 11) is 0. The molecular formula is C7H10N2O3. The van der Waals surface area contributed by atoms with Crippen molar-refractivity contribution in [2.24, 2.45) is 0 Å². The molecule has 0 amide bonds. The largest absolute Gasteiger partial charge is 0.502 e. The summed E-state index contributed by atoms with van der Waals surface area (Å²) in [6, 6.07) is 0. The molecule has 5 nitrogen and oxygen atoms in total. The predicted molar refractivity (Wildman–Crippen MR) is 43.3 cm³/mol. The van der Waals surface area contributed by atoms with E-state index in [-0.39, 0.29) is 0 Å². The Kier molecular flexibility index (Phi) is 2.32. The first-order valence-corrected chi connectivity index (χ1v) is 3.68. The molecule has 5 heteroatoms. The van der Waals surface area contributed by atoms with E-state index in [0.717, 1.165) is 10.8 Å². The van der Waals surface area contributed by atoms with Crippen LogP contribution < -0.4 is 11.2 Å². The Labute approximate surface area is 68.3 Å². The van der Waals surface area contributed by atoms with Gasteiger partial charge in [-0.15, -0.1) is 0 Å². The number of nitrogens with one attached hydrogen (secondary N) is 1. The molecule has 0 aromatic carbocycles. The molecule has 0 spiro atoms. The molecule has 2 N–H and O–H groups in total. The minimum absolute atomic E-state index is 0.322. The Bertz CT molecular complexity index is 377. The first kappa shape index (κ1) is 8.58. The molecule has 1 aromatic rings. The SMILES string of the molecule is CCCn1c(=O)[nH]cc(O)c1=O. The van der Waals surface area contributed by atoms with E-state index in [0.29, 0.717) is 13.0 Å². The van der Waals surface area contributed by atoms with Crippen molar-refractivity contribution in [1.82, 2.24) is 9.55 Å². The van der Waals surface area contributed by atoms with Gasteiger partial charge in [0.2, 0.25) is 0 Å². The molecule has 0 aliphatic rings. The van der Waals surface area contributed by atoms with Crippen LogP contribution in [0.3, 0.4) is 0 Å². The van der Waals surface area contributed by atoms with Gasteiger partial charge in [-0.1, -0.05) is 6.92 Å². The molecule has 0 aliphatic heterocycles. The van der Waals surface area contributed by atoms with Crippen molar-refractivity contribution in [3.8, 4) is 5.75 Å². The van der Waals surface area contributed by atoms with Gasteiger partial charge in [0.25, 0.3) is 5.56 Å². The minimum Gasteiger partial charge on any atom is -0.502 e. The van der Waals surface area contributed by atoms with Crippen molar-refractivity contribution in [3.63, 3.8) is 0 Å². The molecule has 0 fully saturated rings. The molecule has 1 rings (SSSR count). The summed E-state index contributed by atoms with van der Waals surface area (Å²) < 4.78 is 0.968. The van der Waals surface area contributed by atoms with Gasteiger partial charge in [0.15, 0.2) is 5.75 Å². The van der Waals surface area contributed by atoms with Crippen LogP contribution >= 0.6 is 0 Å². The van der Waals surface area contributed by atoms with Crippen LogP contribution in [0.4, 0.5) is 0 Å². The molecule has 0 saturated carbocycles. The molecule has 66 valence electrons. The zero-order valence-corrected chi connectivity index (χ0v) is 6.70. The lowest BCUT2D eigenvalue weighted by Gasteiger charge is -2.00. The average Bonchev–Trinajstić information content (AvgIpc) is 2.06. The lowest BCUT2D eigenvalue weighted by Crippen LogP contribution is -2.34. The van der Waals surface area contributed by atoms with Crippen molar-refractivity contribution in [2.45, 2.75) is 19.9 Å². The van der Waals surface area contributed by atoms with Crippen molar-refractivity contribution in [2.75, 3.05) is 0 Å². The topological polar surface area (TPSA) is 75.1 Å². The highest BCUT2D eigenvalue weighted by Crippen LogP contribution is 1.91. The number of aromatic hydroxyl groups is 1. The maximum Gasteiger partial charge on any atom is 0.328 e.